The van der Waals surface area contributed by atoms with Gasteiger partial charge >= 0.3 is 12.1 Å². The highest BCUT2D eigenvalue weighted by Crippen LogP contribution is 2.29. The molecule has 2 N–H and O–H groups in total. The maximum atomic E-state index is 14.4. The number of hydrogen-bond acceptors (Lipinski definition) is 6. The minimum atomic E-state index is -1.00. The molecule has 0 aromatic heterocycles. The van der Waals surface area contributed by atoms with E-state index < -0.39 is 35.7 Å². The summed E-state index contributed by atoms with van der Waals surface area (Å²) in [5.74, 6) is -1.66. The van der Waals surface area contributed by atoms with Crippen molar-refractivity contribution in [3.8, 4) is 0 Å². The summed E-state index contributed by atoms with van der Waals surface area (Å²) in [5, 5.41) is 5.46. The Balaban J connectivity index is 3.57. The summed E-state index contributed by atoms with van der Waals surface area (Å²) >= 11 is 0. The Labute approximate surface area is 247 Å². The van der Waals surface area contributed by atoms with Gasteiger partial charge < -0.3 is 25.0 Å². The first kappa shape index (κ1) is 35.9. The fourth-order valence-corrected chi connectivity index (χ4v) is 4.57. The van der Waals surface area contributed by atoms with Crippen LogP contribution in [0.1, 0.15) is 109 Å². The molecule has 3 amide bonds. The molecule has 9 heteroatoms. The van der Waals surface area contributed by atoms with Crippen molar-refractivity contribution in [2.45, 2.75) is 118 Å². The molecule has 0 spiro atoms. The van der Waals surface area contributed by atoms with Crippen LogP contribution in [0.3, 0.4) is 0 Å². The van der Waals surface area contributed by atoms with Crippen molar-refractivity contribution in [1.82, 2.24) is 15.5 Å². The quantitative estimate of drug-likeness (QED) is 0.191. The fourth-order valence-electron chi connectivity index (χ4n) is 4.57. The summed E-state index contributed by atoms with van der Waals surface area (Å²) in [6, 6.07) is 3.74. The van der Waals surface area contributed by atoms with E-state index in [-0.39, 0.29) is 18.4 Å². The van der Waals surface area contributed by atoms with E-state index >= 15 is 0 Å². The number of rotatable bonds is 16. The molecule has 3 atom stereocenters. The van der Waals surface area contributed by atoms with Crippen molar-refractivity contribution < 1.29 is 28.7 Å². The van der Waals surface area contributed by atoms with Gasteiger partial charge in [-0.25, -0.2) is 4.79 Å². The second kappa shape index (κ2) is 17.7. The Morgan fingerprint density at radius 3 is 2.20 bits per heavy atom. The lowest BCUT2D eigenvalue weighted by Gasteiger charge is -2.36. The smallest absolute Gasteiger partial charge is 0.408 e. The van der Waals surface area contributed by atoms with Crippen LogP contribution >= 0.6 is 0 Å². The first-order chi connectivity index (χ1) is 19.3. The topological polar surface area (TPSA) is 114 Å². The minimum Gasteiger partial charge on any atom is -0.468 e. The number of carbonyl (C=O) groups is 4. The van der Waals surface area contributed by atoms with E-state index in [1.54, 1.807) is 25.7 Å². The summed E-state index contributed by atoms with van der Waals surface area (Å²) in [4.78, 5) is 54.5. The zero-order chi connectivity index (χ0) is 31.2. The molecule has 0 heterocycles. The number of nitrogens with one attached hydrogen (secondary N) is 2. The van der Waals surface area contributed by atoms with Crippen LogP contribution in [0.25, 0.3) is 0 Å². The van der Waals surface area contributed by atoms with Crippen molar-refractivity contribution in [3.05, 3.63) is 34.9 Å². The fraction of sp³-hybridized carbons (Fsp3) is 0.688. The van der Waals surface area contributed by atoms with Crippen LogP contribution in [0.2, 0.25) is 0 Å². The predicted octanol–water partition coefficient (Wildman–Crippen LogP) is 5.76. The van der Waals surface area contributed by atoms with E-state index in [2.05, 4.69) is 17.6 Å². The number of esters is 1. The third-order valence-electron chi connectivity index (χ3n) is 7.32. The molecule has 1 aromatic carbocycles. The highest BCUT2D eigenvalue weighted by Gasteiger charge is 2.38. The van der Waals surface area contributed by atoms with Crippen molar-refractivity contribution in [2.75, 3.05) is 20.2 Å². The average Bonchev–Trinajstić information content (AvgIpc) is 2.91. The van der Waals surface area contributed by atoms with Gasteiger partial charge in [-0.2, -0.15) is 0 Å². The molecule has 0 aliphatic heterocycles. The number of aryl methyl sites for hydroxylation is 1. The standard InChI is InChI=1S/C32H53N3O6/c1-10-12-13-14-15-16-20-35(30(38)27(22(3)11-2)34-31(39)41-32(6,7)8)28(29(37)33-21-26(36)40-9)25-19-17-18-23(4)24(25)5/h17-19,22,27-28H,10-16,20-21H2,1-9H3,(H,33,37)(H,34,39). The zero-order valence-electron chi connectivity index (χ0n) is 26.7. The van der Waals surface area contributed by atoms with Crippen LogP contribution in [0.4, 0.5) is 4.79 Å². The highest BCUT2D eigenvalue weighted by molar-refractivity contribution is 5.93. The van der Waals surface area contributed by atoms with Gasteiger partial charge in [-0.1, -0.05) is 77.5 Å². The van der Waals surface area contributed by atoms with Crippen LogP contribution in [0, 0.1) is 19.8 Å². The van der Waals surface area contributed by atoms with E-state index in [0.717, 1.165) is 43.2 Å². The predicted molar refractivity (Wildman–Crippen MR) is 161 cm³/mol. The number of carbonyl (C=O) groups excluding carboxylic acids is 4. The molecule has 9 nitrogen and oxygen atoms in total. The lowest BCUT2D eigenvalue weighted by molar-refractivity contribution is -0.145. The third kappa shape index (κ3) is 12.1. The molecule has 0 saturated carbocycles. The third-order valence-corrected chi connectivity index (χ3v) is 7.32. The molecule has 0 saturated heterocycles. The molecule has 1 aromatic rings. The van der Waals surface area contributed by atoms with E-state index in [1.807, 2.05) is 45.9 Å². The number of unbranched alkanes of at least 4 members (excludes halogenated alkanes) is 5. The summed E-state index contributed by atoms with van der Waals surface area (Å²) in [6.45, 7) is 15.2. The highest BCUT2D eigenvalue weighted by atomic mass is 16.6. The summed E-state index contributed by atoms with van der Waals surface area (Å²) < 4.78 is 10.2. The van der Waals surface area contributed by atoms with Crippen molar-refractivity contribution in [2.24, 2.45) is 5.92 Å². The molecule has 0 radical (unpaired) electrons. The number of alkyl carbamates (subject to hydrolysis) is 1. The van der Waals surface area contributed by atoms with E-state index in [1.165, 1.54) is 7.11 Å². The Hall–Kier alpha value is -3.10. The number of amides is 3. The van der Waals surface area contributed by atoms with Gasteiger partial charge in [0.2, 0.25) is 11.8 Å². The number of benzene rings is 1. The van der Waals surface area contributed by atoms with Gasteiger partial charge in [-0.3, -0.25) is 14.4 Å². The molecule has 0 aliphatic carbocycles. The first-order valence-electron chi connectivity index (χ1n) is 15.0. The Bertz CT molecular complexity index is 1000. The van der Waals surface area contributed by atoms with E-state index in [0.29, 0.717) is 24.9 Å². The first-order valence-corrected chi connectivity index (χ1v) is 15.0. The maximum Gasteiger partial charge on any atom is 0.408 e. The molecule has 0 bridgehead atoms. The van der Waals surface area contributed by atoms with Crippen LogP contribution in [0.5, 0.6) is 0 Å². The van der Waals surface area contributed by atoms with Gasteiger partial charge in [0, 0.05) is 6.54 Å². The summed E-state index contributed by atoms with van der Waals surface area (Å²) in [5.41, 5.74) is 1.80. The van der Waals surface area contributed by atoms with Crippen LogP contribution in [-0.4, -0.2) is 60.6 Å². The average molecular weight is 576 g/mol. The number of hydrogen-bond donors (Lipinski definition) is 2. The van der Waals surface area contributed by atoms with Gasteiger partial charge in [0.25, 0.3) is 0 Å². The number of methoxy groups -OCH3 is 1. The molecule has 3 unspecified atom stereocenters. The Morgan fingerprint density at radius 1 is 0.976 bits per heavy atom. The van der Waals surface area contributed by atoms with Gasteiger partial charge in [0.1, 0.15) is 24.2 Å². The minimum absolute atomic E-state index is 0.223. The lowest BCUT2D eigenvalue weighted by Crippen LogP contribution is -2.55. The zero-order valence-corrected chi connectivity index (χ0v) is 26.7. The van der Waals surface area contributed by atoms with Gasteiger partial charge in [0.05, 0.1) is 7.11 Å². The Kier molecular flexibility index (Phi) is 15.5. The van der Waals surface area contributed by atoms with Crippen molar-refractivity contribution in [1.29, 1.82) is 0 Å². The summed E-state index contributed by atoms with van der Waals surface area (Å²) in [6.07, 6.45) is 5.96. The molecule has 41 heavy (non-hydrogen) atoms. The van der Waals surface area contributed by atoms with Crippen molar-refractivity contribution in [3.63, 3.8) is 0 Å². The Morgan fingerprint density at radius 2 is 1.61 bits per heavy atom. The van der Waals surface area contributed by atoms with Crippen LogP contribution in [0.15, 0.2) is 18.2 Å². The number of ether oxygens (including phenoxy) is 2. The maximum absolute atomic E-state index is 14.4. The van der Waals surface area contributed by atoms with Gasteiger partial charge in [0.15, 0.2) is 0 Å². The monoisotopic (exact) mass is 575 g/mol. The lowest BCUT2D eigenvalue weighted by atomic mass is 9.92. The molecular formula is C32H53N3O6. The normalized spacial score (nSPS) is 13.5. The summed E-state index contributed by atoms with van der Waals surface area (Å²) in [7, 11) is 1.25. The second-order valence-corrected chi connectivity index (χ2v) is 11.8. The largest absolute Gasteiger partial charge is 0.468 e. The molecule has 1 rings (SSSR count). The van der Waals surface area contributed by atoms with Gasteiger partial charge in [-0.15, -0.1) is 0 Å². The van der Waals surface area contributed by atoms with Crippen LogP contribution < -0.4 is 10.6 Å². The molecule has 0 aliphatic rings. The molecule has 232 valence electrons. The second-order valence-electron chi connectivity index (χ2n) is 11.8. The van der Waals surface area contributed by atoms with Crippen molar-refractivity contribution >= 4 is 23.9 Å². The van der Waals surface area contributed by atoms with E-state index in [4.69, 9.17) is 9.47 Å². The van der Waals surface area contributed by atoms with Crippen LogP contribution in [-0.2, 0) is 23.9 Å². The van der Waals surface area contributed by atoms with Gasteiger partial charge in [-0.05, 0) is 63.6 Å². The SMILES string of the molecule is CCCCCCCCN(C(=O)C(NC(=O)OC(C)(C)C)C(C)CC)C(C(=O)NCC(=O)OC)c1cccc(C)c1C. The van der Waals surface area contributed by atoms with E-state index in [9.17, 15) is 19.2 Å². The molecule has 0 fully saturated rings. The molecular weight excluding hydrogens is 522 g/mol. The number of nitrogens with zero attached hydrogens (tertiary/aromatic N) is 1.